The number of rotatable bonds is 2. The molecule has 3 heteroatoms. The summed E-state index contributed by atoms with van der Waals surface area (Å²) in [6, 6.07) is 10.9. The molecule has 1 aromatic heterocycles. The van der Waals surface area contributed by atoms with Crippen LogP contribution in [0, 0.1) is 0 Å². The van der Waals surface area contributed by atoms with Gasteiger partial charge in [0.2, 0.25) is 0 Å². The van der Waals surface area contributed by atoms with Crippen molar-refractivity contribution in [3.05, 3.63) is 56.2 Å². The van der Waals surface area contributed by atoms with Crippen LogP contribution in [0.15, 0.2) is 40.2 Å². The van der Waals surface area contributed by atoms with E-state index in [0.717, 1.165) is 17.3 Å². The molecule has 1 aliphatic rings. The quantitative estimate of drug-likeness (QED) is 0.795. The molecule has 1 atom stereocenters. The maximum absolute atomic E-state index is 6.80. The van der Waals surface area contributed by atoms with Gasteiger partial charge in [0.25, 0.3) is 0 Å². The lowest BCUT2D eigenvalue weighted by Gasteiger charge is -2.30. The number of aryl methyl sites for hydroxylation is 1. The highest BCUT2D eigenvalue weighted by Crippen LogP contribution is 2.36. The van der Waals surface area contributed by atoms with Crippen LogP contribution in [0.5, 0.6) is 0 Å². The van der Waals surface area contributed by atoms with Crippen molar-refractivity contribution < 1.29 is 0 Å². The Labute approximate surface area is 127 Å². The Bertz CT molecular complexity index is 578. The van der Waals surface area contributed by atoms with Gasteiger partial charge in [0.1, 0.15) is 0 Å². The second-order valence-electron chi connectivity index (χ2n) is 5.43. The SMILES string of the molecule is NC1(Cc2cc(Br)cs2)CCCCc2ccccc21. The van der Waals surface area contributed by atoms with Gasteiger partial charge >= 0.3 is 0 Å². The third-order valence-corrected chi connectivity index (χ3v) is 5.68. The van der Waals surface area contributed by atoms with Gasteiger partial charge in [0.15, 0.2) is 0 Å². The van der Waals surface area contributed by atoms with Crippen molar-refractivity contribution in [2.24, 2.45) is 5.73 Å². The molecule has 100 valence electrons. The zero-order chi connectivity index (χ0) is 13.3. The van der Waals surface area contributed by atoms with Gasteiger partial charge < -0.3 is 5.73 Å². The Hall–Kier alpha value is -0.640. The highest BCUT2D eigenvalue weighted by molar-refractivity contribution is 9.10. The highest BCUT2D eigenvalue weighted by atomic mass is 79.9. The van der Waals surface area contributed by atoms with Gasteiger partial charge in [-0.1, -0.05) is 30.7 Å². The number of hydrogen-bond acceptors (Lipinski definition) is 2. The van der Waals surface area contributed by atoms with E-state index in [-0.39, 0.29) is 5.54 Å². The van der Waals surface area contributed by atoms with Crippen LogP contribution in [0.1, 0.15) is 35.3 Å². The maximum atomic E-state index is 6.80. The monoisotopic (exact) mass is 335 g/mol. The zero-order valence-electron chi connectivity index (χ0n) is 10.9. The Kier molecular flexibility index (Phi) is 3.79. The topological polar surface area (TPSA) is 26.0 Å². The molecule has 0 fully saturated rings. The van der Waals surface area contributed by atoms with Crippen molar-refractivity contribution in [3.63, 3.8) is 0 Å². The second kappa shape index (κ2) is 5.39. The van der Waals surface area contributed by atoms with Crippen LogP contribution in [0.4, 0.5) is 0 Å². The summed E-state index contributed by atoms with van der Waals surface area (Å²) in [6.07, 6.45) is 5.67. The molecule has 1 heterocycles. The summed E-state index contributed by atoms with van der Waals surface area (Å²) in [5.74, 6) is 0. The summed E-state index contributed by atoms with van der Waals surface area (Å²) in [4.78, 5) is 1.37. The fourth-order valence-electron chi connectivity index (χ4n) is 3.06. The predicted molar refractivity (Wildman–Crippen MR) is 85.6 cm³/mol. The van der Waals surface area contributed by atoms with Crippen molar-refractivity contribution >= 4 is 27.3 Å². The van der Waals surface area contributed by atoms with Crippen molar-refractivity contribution in [1.82, 2.24) is 0 Å². The van der Waals surface area contributed by atoms with Crippen molar-refractivity contribution in [2.45, 2.75) is 37.6 Å². The molecule has 0 spiro atoms. The molecular weight excluding hydrogens is 318 g/mol. The zero-order valence-corrected chi connectivity index (χ0v) is 13.3. The summed E-state index contributed by atoms with van der Waals surface area (Å²) < 4.78 is 1.16. The Morgan fingerprint density at radius 2 is 2.11 bits per heavy atom. The first-order valence-electron chi connectivity index (χ1n) is 6.78. The number of fused-ring (bicyclic) bond motifs is 1. The van der Waals surface area contributed by atoms with Gasteiger partial charge in [-0.3, -0.25) is 0 Å². The number of hydrogen-bond donors (Lipinski definition) is 1. The molecule has 19 heavy (non-hydrogen) atoms. The van der Waals surface area contributed by atoms with E-state index in [1.165, 1.54) is 35.3 Å². The van der Waals surface area contributed by atoms with Crippen LogP contribution in [0.25, 0.3) is 0 Å². The van der Waals surface area contributed by atoms with Crippen molar-refractivity contribution in [1.29, 1.82) is 0 Å². The molecule has 3 rings (SSSR count). The summed E-state index contributed by atoms with van der Waals surface area (Å²) in [6.45, 7) is 0. The van der Waals surface area contributed by atoms with Gasteiger partial charge in [0, 0.05) is 26.7 Å². The minimum Gasteiger partial charge on any atom is -0.321 e. The number of thiophene rings is 1. The van der Waals surface area contributed by atoms with Crippen molar-refractivity contribution in [3.8, 4) is 0 Å². The largest absolute Gasteiger partial charge is 0.321 e. The standard InChI is InChI=1S/C16H18BrNS/c17-13-9-14(19-11-13)10-16(18)8-4-3-6-12-5-1-2-7-15(12)16/h1-2,5,7,9,11H,3-4,6,8,10,18H2. The van der Waals surface area contributed by atoms with Crippen LogP contribution >= 0.6 is 27.3 Å². The van der Waals surface area contributed by atoms with E-state index >= 15 is 0 Å². The molecule has 0 amide bonds. The van der Waals surface area contributed by atoms with E-state index in [4.69, 9.17) is 5.73 Å². The normalized spacial score (nSPS) is 22.8. The first kappa shape index (κ1) is 13.3. The van der Waals surface area contributed by atoms with Crippen molar-refractivity contribution in [2.75, 3.05) is 0 Å². The van der Waals surface area contributed by atoms with E-state index in [9.17, 15) is 0 Å². The third kappa shape index (κ3) is 2.78. The second-order valence-corrected chi connectivity index (χ2v) is 7.34. The molecule has 0 saturated carbocycles. The highest BCUT2D eigenvalue weighted by Gasteiger charge is 2.31. The molecule has 0 aliphatic heterocycles. The molecule has 1 aliphatic carbocycles. The molecule has 0 saturated heterocycles. The minimum absolute atomic E-state index is 0.197. The van der Waals surface area contributed by atoms with Crippen LogP contribution in [0.2, 0.25) is 0 Å². The fraction of sp³-hybridized carbons (Fsp3) is 0.375. The van der Waals surface area contributed by atoms with Crippen LogP contribution < -0.4 is 5.73 Å². The van der Waals surface area contributed by atoms with E-state index < -0.39 is 0 Å². The van der Waals surface area contributed by atoms with Crippen LogP contribution in [-0.4, -0.2) is 0 Å². The predicted octanol–water partition coefficient (Wildman–Crippen LogP) is 4.63. The molecule has 0 radical (unpaired) electrons. The molecule has 1 aromatic carbocycles. The molecule has 2 aromatic rings. The van der Waals surface area contributed by atoms with Crippen LogP contribution in [-0.2, 0) is 18.4 Å². The van der Waals surface area contributed by atoms with Gasteiger partial charge in [-0.25, -0.2) is 0 Å². The first-order valence-corrected chi connectivity index (χ1v) is 8.45. The van der Waals surface area contributed by atoms with E-state index in [1.807, 2.05) is 0 Å². The Morgan fingerprint density at radius 1 is 1.26 bits per heavy atom. The van der Waals surface area contributed by atoms with E-state index in [1.54, 1.807) is 11.3 Å². The van der Waals surface area contributed by atoms with Gasteiger partial charge in [-0.2, -0.15) is 0 Å². The average molecular weight is 336 g/mol. The summed E-state index contributed by atoms with van der Waals surface area (Å²) in [7, 11) is 0. The molecule has 1 nitrogen and oxygen atoms in total. The first-order chi connectivity index (χ1) is 9.17. The average Bonchev–Trinajstić information content (AvgIpc) is 2.72. The van der Waals surface area contributed by atoms with Gasteiger partial charge in [-0.05, 0) is 52.4 Å². The Balaban J connectivity index is 1.97. The number of benzene rings is 1. The lowest BCUT2D eigenvalue weighted by atomic mass is 9.82. The number of halogens is 1. The van der Waals surface area contributed by atoms with Gasteiger partial charge in [0.05, 0.1) is 0 Å². The third-order valence-electron chi connectivity index (χ3n) is 3.98. The van der Waals surface area contributed by atoms with E-state index in [2.05, 4.69) is 51.6 Å². The summed E-state index contributed by atoms with van der Waals surface area (Å²) in [5.41, 5.74) is 9.41. The molecular formula is C16H18BrNS. The number of nitrogens with two attached hydrogens (primary N) is 1. The maximum Gasteiger partial charge on any atom is 0.0461 e. The Morgan fingerprint density at radius 3 is 2.89 bits per heavy atom. The lowest BCUT2D eigenvalue weighted by Crippen LogP contribution is -2.39. The molecule has 1 unspecified atom stereocenters. The molecule has 0 bridgehead atoms. The minimum atomic E-state index is -0.197. The smallest absolute Gasteiger partial charge is 0.0461 e. The summed E-state index contributed by atoms with van der Waals surface area (Å²) in [5, 5.41) is 2.14. The lowest BCUT2D eigenvalue weighted by molar-refractivity contribution is 0.401. The summed E-state index contributed by atoms with van der Waals surface area (Å²) >= 11 is 5.33. The molecule has 2 N–H and O–H groups in total. The van der Waals surface area contributed by atoms with Gasteiger partial charge in [-0.15, -0.1) is 11.3 Å². The van der Waals surface area contributed by atoms with Crippen LogP contribution in [0.3, 0.4) is 0 Å². The van der Waals surface area contributed by atoms with E-state index in [0.29, 0.717) is 0 Å². The fourth-order valence-corrected chi connectivity index (χ4v) is 4.63.